The summed E-state index contributed by atoms with van der Waals surface area (Å²) in [5.74, 6) is -0.173. The minimum atomic E-state index is -0.695. The fraction of sp³-hybridized carbons (Fsp3) is 0.400. The van der Waals surface area contributed by atoms with Crippen LogP contribution >= 0.6 is 0 Å². The molecule has 160 valence electrons. The molecule has 1 aliphatic rings. The van der Waals surface area contributed by atoms with Gasteiger partial charge in [-0.15, -0.1) is 0 Å². The molecule has 1 heterocycles. The van der Waals surface area contributed by atoms with Gasteiger partial charge in [-0.1, -0.05) is 35.9 Å². The first-order chi connectivity index (χ1) is 14.0. The zero-order chi connectivity index (χ0) is 21.9. The third-order valence-corrected chi connectivity index (χ3v) is 5.55. The Morgan fingerprint density at radius 2 is 1.87 bits per heavy atom. The number of hydrogen-bond acceptors (Lipinski definition) is 4. The molecule has 2 aromatic carbocycles. The standard InChI is InChI=1S/C25H33N3O2/c1-24(2)16-19(13-14-28(24)17-25(3,4)30)15-18-9-11-20(12-10-18)23(29)27-22-8-6-5-7-21(22)26/h5-12,15,30H,13-14,16-17,26H2,1-4H3,(H,27,29). The molecular formula is C25H33N3O2. The summed E-state index contributed by atoms with van der Waals surface area (Å²) in [5.41, 5.74) is 9.45. The van der Waals surface area contributed by atoms with Crippen LogP contribution in [0.2, 0.25) is 0 Å². The average molecular weight is 408 g/mol. The van der Waals surface area contributed by atoms with E-state index in [0.717, 1.165) is 24.9 Å². The maximum Gasteiger partial charge on any atom is 0.255 e. The Morgan fingerprint density at radius 3 is 2.47 bits per heavy atom. The summed E-state index contributed by atoms with van der Waals surface area (Å²) in [6.07, 6.45) is 4.16. The van der Waals surface area contributed by atoms with E-state index in [9.17, 15) is 9.90 Å². The molecule has 30 heavy (non-hydrogen) atoms. The predicted octanol–water partition coefficient (Wildman–Crippen LogP) is 4.55. The Bertz CT molecular complexity index is 924. The minimum absolute atomic E-state index is 0.000472. The van der Waals surface area contributed by atoms with Crippen molar-refractivity contribution in [2.75, 3.05) is 24.1 Å². The molecule has 1 amide bonds. The van der Waals surface area contributed by atoms with E-state index in [1.807, 2.05) is 50.2 Å². The highest BCUT2D eigenvalue weighted by Gasteiger charge is 2.34. The number of para-hydroxylation sites is 2. The number of hydrogen-bond donors (Lipinski definition) is 3. The molecule has 0 aromatic heterocycles. The highest BCUT2D eigenvalue weighted by Crippen LogP contribution is 2.33. The van der Waals surface area contributed by atoms with E-state index < -0.39 is 5.60 Å². The van der Waals surface area contributed by atoms with Gasteiger partial charge in [-0.25, -0.2) is 0 Å². The molecule has 3 rings (SSSR count). The minimum Gasteiger partial charge on any atom is -0.397 e. The Kier molecular flexibility index (Phi) is 6.34. The first-order valence-corrected chi connectivity index (χ1v) is 10.5. The van der Waals surface area contributed by atoms with Crippen LogP contribution in [0.15, 0.2) is 54.1 Å². The molecule has 2 aromatic rings. The van der Waals surface area contributed by atoms with Gasteiger partial charge in [-0.05, 0) is 70.4 Å². The normalized spacial score (nSPS) is 18.4. The van der Waals surface area contributed by atoms with E-state index in [0.29, 0.717) is 23.5 Å². The SMILES string of the molecule is CC(C)(O)CN1CCC(=Cc2ccc(C(=O)Nc3ccccc3N)cc2)CC1(C)C. The number of nitrogens with two attached hydrogens (primary N) is 1. The number of nitrogen functional groups attached to an aromatic ring is 1. The number of amides is 1. The van der Waals surface area contributed by atoms with Gasteiger partial charge in [0, 0.05) is 24.2 Å². The maximum absolute atomic E-state index is 12.5. The molecule has 0 saturated carbocycles. The van der Waals surface area contributed by atoms with Crippen LogP contribution in [-0.2, 0) is 0 Å². The van der Waals surface area contributed by atoms with Crippen LogP contribution in [-0.4, -0.2) is 40.1 Å². The van der Waals surface area contributed by atoms with Gasteiger partial charge in [-0.3, -0.25) is 9.69 Å². The van der Waals surface area contributed by atoms with Crippen LogP contribution in [0.3, 0.4) is 0 Å². The highest BCUT2D eigenvalue weighted by atomic mass is 16.3. The third-order valence-electron chi connectivity index (χ3n) is 5.55. The predicted molar refractivity (Wildman–Crippen MR) is 124 cm³/mol. The Morgan fingerprint density at radius 1 is 1.20 bits per heavy atom. The summed E-state index contributed by atoms with van der Waals surface area (Å²) in [6, 6.07) is 14.9. The summed E-state index contributed by atoms with van der Waals surface area (Å²) in [7, 11) is 0. The summed E-state index contributed by atoms with van der Waals surface area (Å²) < 4.78 is 0. The molecule has 0 radical (unpaired) electrons. The van der Waals surface area contributed by atoms with Crippen molar-refractivity contribution in [2.45, 2.75) is 51.7 Å². The number of rotatable bonds is 5. The van der Waals surface area contributed by atoms with Crippen LogP contribution in [0.1, 0.15) is 56.5 Å². The molecule has 5 heteroatoms. The summed E-state index contributed by atoms with van der Waals surface area (Å²) in [6.45, 7) is 9.78. The van der Waals surface area contributed by atoms with Crippen LogP contribution in [0.25, 0.3) is 6.08 Å². The van der Waals surface area contributed by atoms with Crippen molar-refractivity contribution in [3.8, 4) is 0 Å². The second-order valence-corrected chi connectivity index (χ2v) is 9.44. The molecule has 0 aliphatic carbocycles. The molecular weight excluding hydrogens is 374 g/mol. The lowest BCUT2D eigenvalue weighted by atomic mass is 9.85. The van der Waals surface area contributed by atoms with Crippen LogP contribution in [0.4, 0.5) is 11.4 Å². The van der Waals surface area contributed by atoms with E-state index in [1.165, 1.54) is 5.57 Å². The van der Waals surface area contributed by atoms with Gasteiger partial charge in [0.1, 0.15) is 0 Å². The topological polar surface area (TPSA) is 78.6 Å². The van der Waals surface area contributed by atoms with Crippen molar-refractivity contribution in [1.82, 2.24) is 4.90 Å². The van der Waals surface area contributed by atoms with Crippen molar-refractivity contribution in [1.29, 1.82) is 0 Å². The number of benzene rings is 2. The number of carbonyl (C=O) groups excluding carboxylic acids is 1. The first-order valence-electron chi connectivity index (χ1n) is 10.5. The maximum atomic E-state index is 12.5. The van der Waals surface area contributed by atoms with Gasteiger partial charge in [0.2, 0.25) is 0 Å². The summed E-state index contributed by atoms with van der Waals surface area (Å²) in [5, 5.41) is 13.0. The van der Waals surface area contributed by atoms with Crippen molar-refractivity contribution < 1.29 is 9.90 Å². The van der Waals surface area contributed by atoms with Crippen molar-refractivity contribution >= 4 is 23.4 Å². The van der Waals surface area contributed by atoms with E-state index in [2.05, 4.69) is 30.1 Å². The van der Waals surface area contributed by atoms with E-state index in [4.69, 9.17) is 5.73 Å². The van der Waals surface area contributed by atoms with Gasteiger partial charge in [0.25, 0.3) is 5.91 Å². The van der Waals surface area contributed by atoms with Crippen molar-refractivity contribution in [3.63, 3.8) is 0 Å². The molecule has 4 N–H and O–H groups in total. The number of β-amino-alcohol motifs (C(OH)–C–C–N with tert-alkyl or cyclic N) is 1. The number of piperidine rings is 1. The Labute approximate surface area is 179 Å². The van der Waals surface area contributed by atoms with Crippen molar-refractivity contribution in [2.24, 2.45) is 0 Å². The van der Waals surface area contributed by atoms with Crippen LogP contribution in [0.5, 0.6) is 0 Å². The second kappa shape index (κ2) is 8.62. The lowest BCUT2D eigenvalue weighted by molar-refractivity contribution is -0.00836. The number of anilines is 2. The number of nitrogens with one attached hydrogen (secondary N) is 1. The van der Waals surface area contributed by atoms with Gasteiger partial charge >= 0.3 is 0 Å². The molecule has 0 bridgehead atoms. The summed E-state index contributed by atoms with van der Waals surface area (Å²) in [4.78, 5) is 14.9. The van der Waals surface area contributed by atoms with Crippen LogP contribution < -0.4 is 11.1 Å². The monoisotopic (exact) mass is 407 g/mol. The molecule has 0 atom stereocenters. The Balaban J connectivity index is 1.66. The number of aliphatic hydroxyl groups is 1. The van der Waals surface area contributed by atoms with Gasteiger partial charge in [0.15, 0.2) is 0 Å². The van der Waals surface area contributed by atoms with E-state index >= 15 is 0 Å². The lowest BCUT2D eigenvalue weighted by Gasteiger charge is -2.45. The molecule has 0 unspecified atom stereocenters. The third kappa shape index (κ3) is 5.71. The first kappa shape index (κ1) is 22.1. The zero-order valence-electron chi connectivity index (χ0n) is 18.4. The lowest BCUT2D eigenvalue weighted by Crippen LogP contribution is -2.53. The van der Waals surface area contributed by atoms with Gasteiger partial charge in [0.05, 0.1) is 17.0 Å². The van der Waals surface area contributed by atoms with Crippen LogP contribution in [0, 0.1) is 0 Å². The van der Waals surface area contributed by atoms with Gasteiger partial charge < -0.3 is 16.2 Å². The van der Waals surface area contributed by atoms with E-state index in [-0.39, 0.29) is 11.4 Å². The largest absolute Gasteiger partial charge is 0.397 e. The Hall–Kier alpha value is -2.63. The second-order valence-electron chi connectivity index (χ2n) is 9.44. The fourth-order valence-electron chi connectivity index (χ4n) is 3.99. The van der Waals surface area contributed by atoms with Gasteiger partial charge in [-0.2, -0.15) is 0 Å². The molecule has 1 fully saturated rings. The number of nitrogens with zero attached hydrogens (tertiary/aromatic N) is 1. The number of carbonyl (C=O) groups is 1. The molecule has 1 saturated heterocycles. The fourth-order valence-corrected chi connectivity index (χ4v) is 3.99. The molecule has 5 nitrogen and oxygen atoms in total. The van der Waals surface area contributed by atoms with Crippen molar-refractivity contribution in [3.05, 3.63) is 65.2 Å². The average Bonchev–Trinajstić information content (AvgIpc) is 2.65. The quantitative estimate of drug-likeness (QED) is 0.636. The highest BCUT2D eigenvalue weighted by molar-refractivity contribution is 6.05. The zero-order valence-corrected chi connectivity index (χ0v) is 18.4. The molecule has 0 spiro atoms. The summed E-state index contributed by atoms with van der Waals surface area (Å²) >= 11 is 0. The van der Waals surface area contributed by atoms with E-state index in [1.54, 1.807) is 12.1 Å². The number of likely N-dealkylation sites (tertiary alicyclic amines) is 1. The molecule has 1 aliphatic heterocycles. The smallest absolute Gasteiger partial charge is 0.255 e.